The number of nitrogens with zero attached hydrogens (tertiary/aromatic N) is 2. The molecule has 130 valence electrons. The van der Waals surface area contributed by atoms with Crippen molar-refractivity contribution in [2.24, 2.45) is 5.92 Å². The minimum atomic E-state index is 0.469. The van der Waals surface area contributed by atoms with Crippen molar-refractivity contribution in [2.75, 3.05) is 7.05 Å². The van der Waals surface area contributed by atoms with Crippen LogP contribution in [0.1, 0.15) is 95.2 Å². The third kappa shape index (κ3) is 3.47. The molecule has 0 N–H and O–H groups in total. The molecule has 4 atom stereocenters. The summed E-state index contributed by atoms with van der Waals surface area (Å²) in [5, 5.41) is 0. The van der Waals surface area contributed by atoms with Crippen LogP contribution in [0.15, 0.2) is 6.07 Å². The summed E-state index contributed by atoms with van der Waals surface area (Å²) in [4.78, 5) is 7.61. The molecule has 0 saturated heterocycles. The Hall–Kier alpha value is -0.890. The van der Waals surface area contributed by atoms with Gasteiger partial charge < -0.3 is 4.90 Å². The molecule has 1 aliphatic heterocycles. The van der Waals surface area contributed by atoms with Crippen molar-refractivity contribution in [3.05, 3.63) is 28.6 Å². The largest absolute Gasteiger partial charge is 0.300 e. The maximum absolute atomic E-state index is 5.06. The first kappa shape index (κ1) is 18.4. The second-order valence-electron chi connectivity index (χ2n) is 8.44. The molecule has 1 unspecified atom stereocenters. The summed E-state index contributed by atoms with van der Waals surface area (Å²) in [5.74, 6) is 2.27. The number of hydrogen-bond acceptors (Lipinski definition) is 2. The Morgan fingerprint density at radius 2 is 1.74 bits per heavy atom. The van der Waals surface area contributed by atoms with Crippen molar-refractivity contribution in [1.82, 2.24) is 9.88 Å². The summed E-state index contributed by atoms with van der Waals surface area (Å²) < 4.78 is 0. The molecule has 2 heterocycles. The van der Waals surface area contributed by atoms with Gasteiger partial charge in [0, 0.05) is 29.4 Å². The highest BCUT2D eigenvalue weighted by molar-refractivity contribution is 5.40. The highest BCUT2D eigenvalue weighted by Crippen LogP contribution is 2.42. The summed E-state index contributed by atoms with van der Waals surface area (Å²) in [7, 11) is 2.29. The third-order valence-corrected chi connectivity index (χ3v) is 6.13. The predicted molar refractivity (Wildman–Crippen MR) is 100 cm³/mol. The monoisotopic (exact) mass is 316 g/mol. The maximum Gasteiger partial charge on any atom is 0.0488 e. The lowest BCUT2D eigenvalue weighted by Crippen LogP contribution is -2.43. The van der Waals surface area contributed by atoms with Gasteiger partial charge >= 0.3 is 0 Å². The lowest BCUT2D eigenvalue weighted by molar-refractivity contribution is 0.146. The van der Waals surface area contributed by atoms with Gasteiger partial charge in [-0.05, 0) is 69.2 Å². The van der Waals surface area contributed by atoms with E-state index in [-0.39, 0.29) is 0 Å². The minimum Gasteiger partial charge on any atom is -0.300 e. The Balaban J connectivity index is 2.73. The predicted octanol–water partition coefficient (Wildman–Crippen LogP) is 5.47. The van der Waals surface area contributed by atoms with E-state index in [1.807, 2.05) is 0 Å². The average molecular weight is 317 g/mol. The van der Waals surface area contributed by atoms with E-state index in [1.54, 1.807) is 5.56 Å². The molecule has 0 amide bonds. The Labute approximate surface area is 143 Å². The normalized spacial score (nSPS) is 29.5. The Morgan fingerprint density at radius 1 is 1.13 bits per heavy atom. The van der Waals surface area contributed by atoms with Crippen LogP contribution < -0.4 is 0 Å². The fourth-order valence-corrected chi connectivity index (χ4v) is 4.20. The second-order valence-corrected chi connectivity index (χ2v) is 8.44. The molecule has 0 spiro atoms. The standard InChI is InChI=1S/C21H36N2/c1-12(2)18-10-14(5)22-21-16(7)17(8)23(9)15(6)11-19(13(3)4)20(18)21/h10,12-13,15-17,19H,11H2,1-9H3/t15-,16-,17+,19?/m1/s1. The van der Waals surface area contributed by atoms with Crippen molar-refractivity contribution in [3.63, 3.8) is 0 Å². The zero-order chi connectivity index (χ0) is 17.5. The highest BCUT2D eigenvalue weighted by Gasteiger charge is 2.35. The lowest BCUT2D eigenvalue weighted by Gasteiger charge is -2.42. The van der Waals surface area contributed by atoms with E-state index in [4.69, 9.17) is 4.98 Å². The molecule has 0 radical (unpaired) electrons. The SMILES string of the molecule is Cc1cc(C(C)C)c2c(n1)[C@H](C)[C@H](C)N(C)[C@H](C)CC2C(C)C. The van der Waals surface area contributed by atoms with Crippen LogP contribution in [0.3, 0.4) is 0 Å². The average Bonchev–Trinajstić information content (AvgIpc) is 2.48. The van der Waals surface area contributed by atoms with Gasteiger partial charge in [0.05, 0.1) is 0 Å². The minimum absolute atomic E-state index is 0.469. The fraction of sp³-hybridized carbons (Fsp3) is 0.762. The number of rotatable bonds is 2. The zero-order valence-corrected chi connectivity index (χ0v) is 16.6. The van der Waals surface area contributed by atoms with Crippen LogP contribution in [0.4, 0.5) is 0 Å². The van der Waals surface area contributed by atoms with E-state index in [9.17, 15) is 0 Å². The summed E-state index contributed by atoms with van der Waals surface area (Å²) in [5.41, 5.74) is 5.63. The number of likely N-dealkylation sites (N-methyl/N-ethyl adjacent to an activating group) is 1. The van der Waals surface area contributed by atoms with Crippen molar-refractivity contribution in [1.29, 1.82) is 0 Å². The van der Waals surface area contributed by atoms with Crippen LogP contribution in [-0.4, -0.2) is 29.0 Å². The molecule has 2 heteroatoms. The van der Waals surface area contributed by atoms with E-state index < -0.39 is 0 Å². The molecule has 23 heavy (non-hydrogen) atoms. The molecule has 0 aromatic carbocycles. The van der Waals surface area contributed by atoms with Gasteiger partial charge in [-0.25, -0.2) is 0 Å². The molecule has 1 aliphatic rings. The Bertz CT molecular complexity index is 547. The number of fused-ring (bicyclic) bond motifs is 1. The van der Waals surface area contributed by atoms with Gasteiger partial charge in [0.2, 0.25) is 0 Å². The van der Waals surface area contributed by atoms with Gasteiger partial charge in [0.15, 0.2) is 0 Å². The second kappa shape index (κ2) is 6.93. The van der Waals surface area contributed by atoms with Gasteiger partial charge in [-0.15, -0.1) is 0 Å². The molecule has 2 rings (SSSR count). The van der Waals surface area contributed by atoms with Gasteiger partial charge in [0.25, 0.3) is 0 Å². The lowest BCUT2D eigenvalue weighted by atomic mass is 9.74. The van der Waals surface area contributed by atoms with E-state index in [0.29, 0.717) is 35.8 Å². The first-order chi connectivity index (χ1) is 10.6. The van der Waals surface area contributed by atoms with Gasteiger partial charge in [0.1, 0.15) is 0 Å². The van der Waals surface area contributed by atoms with Crippen LogP contribution >= 0.6 is 0 Å². The van der Waals surface area contributed by atoms with E-state index >= 15 is 0 Å². The van der Waals surface area contributed by atoms with E-state index in [1.165, 1.54) is 23.4 Å². The first-order valence-electron chi connectivity index (χ1n) is 9.38. The zero-order valence-electron chi connectivity index (χ0n) is 16.6. The van der Waals surface area contributed by atoms with Crippen molar-refractivity contribution in [3.8, 4) is 0 Å². The number of hydrogen-bond donors (Lipinski definition) is 0. The summed E-state index contributed by atoms with van der Waals surface area (Å²) in [6, 6.07) is 3.46. The molecule has 2 nitrogen and oxygen atoms in total. The van der Waals surface area contributed by atoms with E-state index in [0.717, 1.165) is 0 Å². The van der Waals surface area contributed by atoms with Crippen LogP contribution in [0.25, 0.3) is 0 Å². The molecule has 0 aliphatic carbocycles. The number of pyridine rings is 1. The smallest absolute Gasteiger partial charge is 0.0488 e. The summed E-state index contributed by atoms with van der Waals surface area (Å²) in [6.07, 6.45) is 1.22. The van der Waals surface area contributed by atoms with Gasteiger partial charge in [-0.1, -0.05) is 34.6 Å². The van der Waals surface area contributed by atoms with E-state index in [2.05, 4.69) is 73.4 Å². The van der Waals surface area contributed by atoms with Crippen LogP contribution in [0.2, 0.25) is 0 Å². The molecule has 1 aromatic heterocycles. The quantitative estimate of drug-likeness (QED) is 0.719. The van der Waals surface area contributed by atoms with Gasteiger partial charge in [-0.2, -0.15) is 0 Å². The molecule has 0 fully saturated rings. The van der Waals surface area contributed by atoms with Crippen molar-refractivity contribution >= 4 is 0 Å². The van der Waals surface area contributed by atoms with Crippen molar-refractivity contribution < 1.29 is 0 Å². The van der Waals surface area contributed by atoms with Crippen LogP contribution in [-0.2, 0) is 0 Å². The maximum atomic E-state index is 5.06. The number of aryl methyl sites for hydroxylation is 1. The molecule has 1 aromatic rings. The molecule has 0 saturated carbocycles. The van der Waals surface area contributed by atoms with Crippen LogP contribution in [0, 0.1) is 12.8 Å². The number of aromatic nitrogens is 1. The first-order valence-corrected chi connectivity index (χ1v) is 9.38. The van der Waals surface area contributed by atoms with Crippen LogP contribution in [0.5, 0.6) is 0 Å². The molecular weight excluding hydrogens is 280 g/mol. The Kier molecular flexibility index (Phi) is 5.56. The van der Waals surface area contributed by atoms with Crippen molar-refractivity contribution in [2.45, 2.75) is 91.6 Å². The van der Waals surface area contributed by atoms with Gasteiger partial charge in [-0.3, -0.25) is 4.98 Å². The third-order valence-electron chi connectivity index (χ3n) is 6.13. The highest BCUT2D eigenvalue weighted by atomic mass is 15.2. The summed E-state index contributed by atoms with van der Waals surface area (Å²) in [6.45, 7) is 18.7. The Morgan fingerprint density at radius 3 is 2.26 bits per heavy atom. The molecule has 0 bridgehead atoms. The fourth-order valence-electron chi connectivity index (χ4n) is 4.20. The summed E-state index contributed by atoms with van der Waals surface area (Å²) >= 11 is 0. The topological polar surface area (TPSA) is 16.1 Å². The molecular formula is C21H36N2.